The van der Waals surface area contributed by atoms with Crippen molar-refractivity contribution in [3.8, 4) is 0 Å². The Balaban J connectivity index is 1.36. The van der Waals surface area contributed by atoms with Crippen molar-refractivity contribution in [1.29, 1.82) is 0 Å². The molecule has 0 atom stereocenters. The monoisotopic (exact) mass is 440 g/mol. The average molecular weight is 440 g/mol. The summed E-state index contributed by atoms with van der Waals surface area (Å²) in [6, 6.07) is 10.0. The van der Waals surface area contributed by atoms with E-state index in [9.17, 15) is 13.2 Å². The normalized spacial score (nSPS) is 17.2. The number of rotatable bonds is 5. The molecule has 164 valence electrons. The Labute approximate surface area is 180 Å². The molecule has 2 aromatic heterocycles. The van der Waals surface area contributed by atoms with Crippen LogP contribution in [0.5, 0.6) is 0 Å². The summed E-state index contributed by atoms with van der Waals surface area (Å²) in [7, 11) is 0. The Morgan fingerprint density at radius 1 is 1.12 bits per heavy atom. The smallest absolute Gasteiger partial charge is 0.266 e. The number of benzene rings is 2. The molecule has 4 aromatic rings. The third-order valence-electron chi connectivity index (χ3n) is 6.25. The molecule has 1 N–H and O–H groups in total. The van der Waals surface area contributed by atoms with Crippen molar-refractivity contribution < 1.29 is 17.9 Å². The Bertz CT molecular complexity index is 1330. The van der Waals surface area contributed by atoms with Crippen molar-refractivity contribution >= 4 is 27.9 Å². The van der Waals surface area contributed by atoms with Crippen molar-refractivity contribution in [2.75, 3.05) is 36.5 Å². The van der Waals surface area contributed by atoms with Crippen LogP contribution in [0.4, 0.5) is 24.7 Å². The van der Waals surface area contributed by atoms with E-state index in [1.807, 2.05) is 18.2 Å². The standard InChI is InChI=1S/C22H19F3N6O/c23-18-13(2-1-3-16(18)19(24)25)7-26-20-17-6-14(30-8-22(9-30)10-32-11-22)4-5-15(17)21-27-12-28-31(21)29-20/h1-6,12,19H,7-11H2,(H,26,29). The number of hydrogen-bond donors (Lipinski definition) is 1. The third kappa shape index (κ3) is 2.97. The Hall–Kier alpha value is -3.40. The van der Waals surface area contributed by atoms with Crippen LogP contribution < -0.4 is 10.2 Å². The highest BCUT2D eigenvalue weighted by Crippen LogP contribution is 2.41. The van der Waals surface area contributed by atoms with Crippen LogP contribution in [0.15, 0.2) is 42.7 Å². The summed E-state index contributed by atoms with van der Waals surface area (Å²) in [6.07, 6.45) is -1.45. The van der Waals surface area contributed by atoms with Gasteiger partial charge in [0.25, 0.3) is 6.43 Å². The quantitative estimate of drug-likeness (QED) is 0.509. The number of hydrogen-bond acceptors (Lipinski definition) is 6. The maximum absolute atomic E-state index is 14.5. The first-order chi connectivity index (χ1) is 15.5. The van der Waals surface area contributed by atoms with E-state index in [1.54, 1.807) is 0 Å². The molecule has 0 radical (unpaired) electrons. The predicted molar refractivity (Wildman–Crippen MR) is 112 cm³/mol. The molecule has 0 unspecified atom stereocenters. The fourth-order valence-corrected chi connectivity index (χ4v) is 4.49. The van der Waals surface area contributed by atoms with Gasteiger partial charge in [-0.15, -0.1) is 14.8 Å². The van der Waals surface area contributed by atoms with E-state index in [4.69, 9.17) is 4.74 Å². The van der Waals surface area contributed by atoms with E-state index in [2.05, 4.69) is 25.4 Å². The molecule has 2 fully saturated rings. The van der Waals surface area contributed by atoms with Crippen molar-refractivity contribution in [2.24, 2.45) is 5.41 Å². The average Bonchev–Trinajstić information content (AvgIpc) is 3.19. The zero-order valence-electron chi connectivity index (χ0n) is 16.9. The number of ether oxygens (including phenoxy) is 1. The number of nitrogens with one attached hydrogen (secondary N) is 1. The van der Waals surface area contributed by atoms with Gasteiger partial charge in [0.2, 0.25) is 0 Å². The molecule has 2 aliphatic rings. The zero-order chi connectivity index (χ0) is 21.9. The van der Waals surface area contributed by atoms with Crippen molar-refractivity contribution in [1.82, 2.24) is 19.8 Å². The minimum atomic E-state index is -2.87. The molecule has 0 aliphatic carbocycles. The minimum Gasteiger partial charge on any atom is -0.380 e. The van der Waals surface area contributed by atoms with Gasteiger partial charge in [-0.25, -0.2) is 18.2 Å². The van der Waals surface area contributed by atoms with Crippen LogP contribution in [0.2, 0.25) is 0 Å². The number of aromatic nitrogens is 4. The van der Waals surface area contributed by atoms with Gasteiger partial charge in [0.1, 0.15) is 12.1 Å². The maximum atomic E-state index is 14.5. The van der Waals surface area contributed by atoms with Gasteiger partial charge in [-0.2, -0.15) is 0 Å². The largest absolute Gasteiger partial charge is 0.380 e. The fraction of sp³-hybridized carbons (Fsp3) is 0.318. The molecule has 2 saturated heterocycles. The number of anilines is 2. The molecular formula is C22H19F3N6O. The summed E-state index contributed by atoms with van der Waals surface area (Å²) in [5.41, 5.74) is 1.47. The van der Waals surface area contributed by atoms with Gasteiger partial charge in [-0.1, -0.05) is 18.2 Å². The number of alkyl halides is 2. The summed E-state index contributed by atoms with van der Waals surface area (Å²) in [6.45, 7) is 3.48. The highest BCUT2D eigenvalue weighted by atomic mass is 19.3. The third-order valence-corrected chi connectivity index (χ3v) is 6.25. The van der Waals surface area contributed by atoms with E-state index >= 15 is 0 Å². The molecule has 32 heavy (non-hydrogen) atoms. The maximum Gasteiger partial charge on any atom is 0.266 e. The minimum absolute atomic E-state index is 0.00306. The van der Waals surface area contributed by atoms with E-state index in [-0.39, 0.29) is 17.5 Å². The number of halogens is 3. The fourth-order valence-electron chi connectivity index (χ4n) is 4.49. The van der Waals surface area contributed by atoms with E-state index in [0.29, 0.717) is 11.5 Å². The van der Waals surface area contributed by atoms with Gasteiger partial charge >= 0.3 is 0 Å². The summed E-state index contributed by atoms with van der Waals surface area (Å²) < 4.78 is 47.4. The molecular weight excluding hydrogens is 421 g/mol. The first-order valence-corrected chi connectivity index (χ1v) is 10.3. The highest BCUT2D eigenvalue weighted by molar-refractivity contribution is 6.01. The molecule has 7 nitrogen and oxygen atoms in total. The van der Waals surface area contributed by atoms with E-state index in [1.165, 1.54) is 23.1 Å². The number of nitrogens with zero attached hydrogens (tertiary/aromatic N) is 5. The first-order valence-electron chi connectivity index (χ1n) is 10.3. The summed E-state index contributed by atoms with van der Waals surface area (Å²) in [5.74, 6) is -0.431. The lowest BCUT2D eigenvalue weighted by molar-refractivity contribution is -0.127. The molecule has 6 rings (SSSR count). The van der Waals surface area contributed by atoms with Crippen molar-refractivity contribution in [2.45, 2.75) is 13.0 Å². The second-order valence-electron chi connectivity index (χ2n) is 8.48. The van der Waals surface area contributed by atoms with Gasteiger partial charge in [-0.05, 0) is 18.2 Å². The van der Waals surface area contributed by atoms with Crippen LogP contribution in [0.1, 0.15) is 17.6 Å². The summed E-state index contributed by atoms with van der Waals surface area (Å²) in [4.78, 5) is 6.58. The van der Waals surface area contributed by atoms with E-state index in [0.717, 1.165) is 48.8 Å². The molecule has 1 spiro atoms. The zero-order valence-corrected chi connectivity index (χ0v) is 16.9. The van der Waals surface area contributed by atoms with Crippen LogP contribution in [0.25, 0.3) is 16.4 Å². The SMILES string of the molecule is Fc1c(CNc2nn3ncnc3c3ccc(N4CC5(COC5)C4)cc23)cccc1C(F)F. The summed E-state index contributed by atoms with van der Waals surface area (Å²) >= 11 is 0. The topological polar surface area (TPSA) is 67.6 Å². The Morgan fingerprint density at radius 2 is 1.97 bits per heavy atom. The van der Waals surface area contributed by atoms with E-state index < -0.39 is 17.8 Å². The van der Waals surface area contributed by atoms with Crippen LogP contribution in [0.3, 0.4) is 0 Å². The number of fused-ring (bicyclic) bond motifs is 3. The van der Waals surface area contributed by atoms with Crippen molar-refractivity contribution in [3.05, 3.63) is 59.7 Å². The van der Waals surface area contributed by atoms with Crippen molar-refractivity contribution in [3.63, 3.8) is 0 Å². The molecule has 0 saturated carbocycles. The molecule has 2 aromatic carbocycles. The first kappa shape index (κ1) is 19.3. The molecule has 10 heteroatoms. The Kier molecular flexibility index (Phi) is 4.26. The predicted octanol–water partition coefficient (Wildman–Crippen LogP) is 3.80. The van der Waals surface area contributed by atoms with Gasteiger partial charge in [0, 0.05) is 41.7 Å². The molecule has 0 bridgehead atoms. The lowest BCUT2D eigenvalue weighted by atomic mass is 9.77. The lowest BCUT2D eigenvalue weighted by Crippen LogP contribution is -2.66. The molecule has 4 heterocycles. The van der Waals surface area contributed by atoms with Crippen LogP contribution in [-0.2, 0) is 11.3 Å². The van der Waals surface area contributed by atoms with Gasteiger partial charge < -0.3 is 15.0 Å². The lowest BCUT2D eigenvalue weighted by Gasteiger charge is -2.56. The molecule has 2 aliphatic heterocycles. The van der Waals surface area contributed by atoms with Crippen LogP contribution in [0, 0.1) is 11.2 Å². The molecule has 0 amide bonds. The second kappa shape index (κ2) is 7.06. The van der Waals surface area contributed by atoms with Gasteiger partial charge in [0.15, 0.2) is 11.5 Å². The summed E-state index contributed by atoms with van der Waals surface area (Å²) in [5, 5.41) is 13.4. The Morgan fingerprint density at radius 3 is 2.72 bits per heavy atom. The van der Waals surface area contributed by atoms with Crippen LogP contribution >= 0.6 is 0 Å². The van der Waals surface area contributed by atoms with Gasteiger partial charge in [-0.3, -0.25) is 0 Å². The second-order valence-corrected chi connectivity index (χ2v) is 8.48. The highest BCUT2D eigenvalue weighted by Gasteiger charge is 2.49. The van der Waals surface area contributed by atoms with Gasteiger partial charge in [0.05, 0.1) is 24.2 Å². The van der Waals surface area contributed by atoms with Crippen LogP contribution in [-0.4, -0.2) is 46.1 Å².